The summed E-state index contributed by atoms with van der Waals surface area (Å²) in [6, 6.07) is 10.9. The Morgan fingerprint density at radius 3 is 2.62 bits per heavy atom. The molecule has 2 fully saturated rings. The zero-order valence-electron chi connectivity index (χ0n) is 14.1. The molecule has 5 heteroatoms. The van der Waals surface area contributed by atoms with Crippen molar-refractivity contribution in [3.8, 4) is 0 Å². The molecule has 5 nitrogen and oxygen atoms in total. The SMILES string of the molecule is Cn1cncc1C1CCN(C(=O)N[C@@H]2C[C@H]2c2ccccc2)CC1. The Morgan fingerprint density at radius 1 is 1.21 bits per heavy atom. The van der Waals surface area contributed by atoms with E-state index in [0.717, 1.165) is 32.4 Å². The van der Waals surface area contributed by atoms with Gasteiger partial charge in [0.15, 0.2) is 0 Å². The van der Waals surface area contributed by atoms with Crippen molar-refractivity contribution < 1.29 is 4.79 Å². The highest BCUT2D eigenvalue weighted by atomic mass is 16.2. The lowest BCUT2D eigenvalue weighted by Gasteiger charge is -2.32. The summed E-state index contributed by atoms with van der Waals surface area (Å²) >= 11 is 0. The fourth-order valence-corrected chi connectivity index (χ4v) is 3.81. The van der Waals surface area contributed by atoms with Gasteiger partial charge in [-0.2, -0.15) is 0 Å². The van der Waals surface area contributed by atoms with E-state index in [1.807, 2.05) is 30.5 Å². The van der Waals surface area contributed by atoms with E-state index in [4.69, 9.17) is 0 Å². The summed E-state index contributed by atoms with van der Waals surface area (Å²) in [6.45, 7) is 1.65. The van der Waals surface area contributed by atoms with Crippen LogP contribution in [0.3, 0.4) is 0 Å². The zero-order valence-corrected chi connectivity index (χ0v) is 14.1. The van der Waals surface area contributed by atoms with Crippen LogP contribution in [0, 0.1) is 0 Å². The topological polar surface area (TPSA) is 50.2 Å². The molecule has 2 heterocycles. The molecule has 2 amide bonds. The van der Waals surface area contributed by atoms with Crippen LogP contribution in [0.4, 0.5) is 4.79 Å². The van der Waals surface area contributed by atoms with E-state index >= 15 is 0 Å². The van der Waals surface area contributed by atoms with Crippen LogP contribution in [0.2, 0.25) is 0 Å². The molecular formula is C19H24N4O. The molecule has 1 N–H and O–H groups in total. The number of carbonyl (C=O) groups is 1. The first-order valence-electron chi connectivity index (χ1n) is 8.79. The van der Waals surface area contributed by atoms with Gasteiger partial charge in [-0.15, -0.1) is 0 Å². The summed E-state index contributed by atoms with van der Waals surface area (Å²) in [6.07, 6.45) is 6.89. The summed E-state index contributed by atoms with van der Waals surface area (Å²) in [4.78, 5) is 18.7. The molecule has 4 rings (SSSR count). The van der Waals surface area contributed by atoms with Gasteiger partial charge in [-0.25, -0.2) is 9.78 Å². The Labute approximate surface area is 142 Å². The molecule has 2 aromatic rings. The summed E-state index contributed by atoms with van der Waals surface area (Å²) in [5.74, 6) is 1.00. The number of rotatable bonds is 3. The van der Waals surface area contributed by atoms with Crippen LogP contribution in [0.15, 0.2) is 42.9 Å². The Bertz CT molecular complexity index is 703. The highest BCUT2D eigenvalue weighted by Crippen LogP contribution is 2.40. The third-order valence-electron chi connectivity index (χ3n) is 5.38. The monoisotopic (exact) mass is 324 g/mol. The van der Waals surface area contributed by atoms with Gasteiger partial charge in [0.25, 0.3) is 0 Å². The van der Waals surface area contributed by atoms with Crippen LogP contribution in [0.5, 0.6) is 0 Å². The Hall–Kier alpha value is -2.30. The second-order valence-electron chi connectivity index (χ2n) is 7.00. The molecule has 0 unspecified atom stereocenters. The van der Waals surface area contributed by atoms with Gasteiger partial charge in [0.2, 0.25) is 0 Å². The van der Waals surface area contributed by atoms with Crippen LogP contribution >= 0.6 is 0 Å². The lowest BCUT2D eigenvalue weighted by molar-refractivity contribution is 0.180. The number of carbonyl (C=O) groups excluding carboxylic acids is 1. The number of benzene rings is 1. The molecule has 1 aromatic carbocycles. The smallest absolute Gasteiger partial charge is 0.317 e. The van der Waals surface area contributed by atoms with E-state index in [9.17, 15) is 4.79 Å². The number of urea groups is 1. The van der Waals surface area contributed by atoms with Crippen molar-refractivity contribution >= 4 is 6.03 Å². The standard InChI is InChI=1S/C19H24N4O/c1-22-13-20-12-18(22)15-7-9-23(10-8-15)19(24)21-17-11-16(17)14-5-3-2-4-6-14/h2-6,12-13,15-17H,7-11H2,1H3,(H,21,24)/t16-,17+/m0/s1. The second kappa shape index (κ2) is 6.30. The number of likely N-dealkylation sites (tertiary alicyclic amines) is 1. The molecule has 0 radical (unpaired) electrons. The van der Waals surface area contributed by atoms with Crippen LogP contribution in [-0.2, 0) is 7.05 Å². The molecule has 0 bridgehead atoms. The largest absolute Gasteiger partial charge is 0.337 e. The molecular weight excluding hydrogens is 300 g/mol. The minimum absolute atomic E-state index is 0.0990. The van der Waals surface area contributed by atoms with E-state index in [1.165, 1.54) is 11.3 Å². The van der Waals surface area contributed by atoms with Gasteiger partial charge < -0.3 is 14.8 Å². The molecule has 126 valence electrons. The van der Waals surface area contributed by atoms with Gasteiger partial charge >= 0.3 is 6.03 Å². The van der Waals surface area contributed by atoms with Gasteiger partial charge in [-0.1, -0.05) is 30.3 Å². The van der Waals surface area contributed by atoms with Crippen molar-refractivity contribution in [3.63, 3.8) is 0 Å². The summed E-state index contributed by atoms with van der Waals surface area (Å²) < 4.78 is 2.09. The number of piperidine rings is 1. The summed E-state index contributed by atoms with van der Waals surface area (Å²) in [5.41, 5.74) is 2.61. The fraction of sp³-hybridized carbons (Fsp3) is 0.474. The number of aromatic nitrogens is 2. The molecule has 1 aliphatic heterocycles. The number of amides is 2. The quantitative estimate of drug-likeness (QED) is 0.944. The minimum atomic E-state index is 0.0990. The first-order valence-corrected chi connectivity index (χ1v) is 8.79. The molecule has 1 aliphatic carbocycles. The molecule has 2 aliphatic rings. The lowest BCUT2D eigenvalue weighted by Crippen LogP contribution is -2.45. The van der Waals surface area contributed by atoms with Crippen LogP contribution in [0.25, 0.3) is 0 Å². The van der Waals surface area contributed by atoms with Gasteiger partial charge in [-0.05, 0) is 24.8 Å². The molecule has 0 spiro atoms. The van der Waals surface area contributed by atoms with Crippen molar-refractivity contribution in [1.29, 1.82) is 0 Å². The zero-order chi connectivity index (χ0) is 16.5. The predicted octanol–water partition coefficient (Wildman–Crippen LogP) is 2.87. The molecule has 24 heavy (non-hydrogen) atoms. The summed E-state index contributed by atoms with van der Waals surface area (Å²) in [7, 11) is 2.04. The molecule has 1 aromatic heterocycles. The normalized spacial score (nSPS) is 24.0. The first kappa shape index (κ1) is 15.2. The first-order chi connectivity index (χ1) is 11.7. The van der Waals surface area contributed by atoms with Crippen molar-refractivity contribution in [2.24, 2.45) is 7.05 Å². The maximum Gasteiger partial charge on any atom is 0.317 e. The van der Waals surface area contributed by atoms with Gasteiger partial charge in [0.05, 0.1) is 6.33 Å². The molecule has 1 saturated heterocycles. The van der Waals surface area contributed by atoms with Crippen molar-refractivity contribution in [3.05, 3.63) is 54.1 Å². The van der Waals surface area contributed by atoms with E-state index in [-0.39, 0.29) is 6.03 Å². The lowest BCUT2D eigenvalue weighted by atomic mass is 9.94. The second-order valence-corrected chi connectivity index (χ2v) is 7.00. The van der Waals surface area contributed by atoms with Crippen molar-refractivity contribution in [2.45, 2.75) is 37.1 Å². The number of nitrogens with one attached hydrogen (secondary N) is 1. The highest BCUT2D eigenvalue weighted by Gasteiger charge is 2.40. The third-order valence-corrected chi connectivity index (χ3v) is 5.38. The average Bonchev–Trinajstić information content (AvgIpc) is 3.25. The number of hydrogen-bond donors (Lipinski definition) is 1. The van der Waals surface area contributed by atoms with E-state index in [1.54, 1.807) is 0 Å². The average molecular weight is 324 g/mol. The Balaban J connectivity index is 1.28. The van der Waals surface area contributed by atoms with Gasteiger partial charge in [0.1, 0.15) is 0 Å². The number of imidazole rings is 1. The fourth-order valence-electron chi connectivity index (χ4n) is 3.81. The Morgan fingerprint density at radius 2 is 1.96 bits per heavy atom. The maximum atomic E-state index is 12.5. The van der Waals surface area contributed by atoms with Gasteiger partial charge in [-0.3, -0.25) is 0 Å². The van der Waals surface area contributed by atoms with Crippen LogP contribution in [0.1, 0.15) is 42.4 Å². The maximum absolute atomic E-state index is 12.5. The van der Waals surface area contributed by atoms with Gasteiger partial charge in [0, 0.05) is 49.9 Å². The molecule has 1 saturated carbocycles. The Kier molecular flexibility index (Phi) is 4.00. The van der Waals surface area contributed by atoms with Crippen molar-refractivity contribution in [2.75, 3.05) is 13.1 Å². The number of nitrogens with zero attached hydrogens (tertiary/aromatic N) is 3. The number of aryl methyl sites for hydroxylation is 1. The van der Waals surface area contributed by atoms with E-state index < -0.39 is 0 Å². The van der Waals surface area contributed by atoms with Crippen molar-refractivity contribution in [1.82, 2.24) is 19.8 Å². The van der Waals surface area contributed by atoms with Crippen LogP contribution in [-0.4, -0.2) is 39.6 Å². The third kappa shape index (κ3) is 3.03. The van der Waals surface area contributed by atoms with E-state index in [2.05, 4.69) is 39.1 Å². The van der Waals surface area contributed by atoms with Crippen LogP contribution < -0.4 is 5.32 Å². The summed E-state index contributed by atoms with van der Waals surface area (Å²) in [5, 5.41) is 3.20. The number of hydrogen-bond acceptors (Lipinski definition) is 2. The molecule has 2 atom stereocenters. The van der Waals surface area contributed by atoms with E-state index in [0.29, 0.717) is 17.9 Å². The minimum Gasteiger partial charge on any atom is -0.337 e. The highest BCUT2D eigenvalue weighted by molar-refractivity contribution is 5.75. The predicted molar refractivity (Wildman–Crippen MR) is 92.9 cm³/mol.